The molecule has 3 aromatic carbocycles. The van der Waals surface area contributed by atoms with Crippen LogP contribution >= 0.6 is 0 Å². The highest BCUT2D eigenvalue weighted by Gasteiger charge is 2.56. The lowest BCUT2D eigenvalue weighted by Gasteiger charge is -2.51. The highest BCUT2D eigenvalue weighted by atomic mass is 16.3. The lowest BCUT2D eigenvalue weighted by molar-refractivity contribution is -0.961. The molecule has 2 heteroatoms. The van der Waals surface area contributed by atoms with Gasteiger partial charge in [-0.05, 0) is 12.1 Å². The molecule has 1 saturated heterocycles. The maximum Gasteiger partial charge on any atom is 0.142 e. The number of likely N-dealkylation sites (tertiary alicyclic amines) is 1. The van der Waals surface area contributed by atoms with Gasteiger partial charge in [0.1, 0.15) is 17.7 Å². The Morgan fingerprint density at radius 3 is 1.53 bits per heavy atom. The molecular formula is C28H30NO+. The fourth-order valence-electron chi connectivity index (χ4n) is 5.25. The fraction of sp³-hybridized carbons (Fsp3) is 0.286. The first-order valence-corrected chi connectivity index (χ1v) is 10.8. The summed E-state index contributed by atoms with van der Waals surface area (Å²) < 4.78 is 0. The summed E-state index contributed by atoms with van der Waals surface area (Å²) >= 11 is 0. The molecule has 4 rings (SSSR count). The van der Waals surface area contributed by atoms with E-state index in [0.29, 0.717) is 0 Å². The normalized spacial score (nSPS) is 30.9. The van der Waals surface area contributed by atoms with Gasteiger partial charge in [0, 0.05) is 16.7 Å². The molecule has 3 aromatic rings. The van der Waals surface area contributed by atoms with Crippen LogP contribution in [0.4, 0.5) is 0 Å². The maximum absolute atomic E-state index is 12.1. The van der Waals surface area contributed by atoms with Crippen molar-refractivity contribution in [3.8, 4) is 11.8 Å². The van der Waals surface area contributed by atoms with Crippen LogP contribution in [0.25, 0.3) is 0 Å². The zero-order valence-electron chi connectivity index (χ0n) is 17.9. The fourth-order valence-corrected chi connectivity index (χ4v) is 5.25. The summed E-state index contributed by atoms with van der Waals surface area (Å²) in [4.78, 5) is 1.40. The first-order valence-electron chi connectivity index (χ1n) is 10.8. The van der Waals surface area contributed by atoms with Gasteiger partial charge in [0.2, 0.25) is 0 Å². The number of rotatable bonds is 2. The first-order chi connectivity index (χ1) is 14.5. The summed E-state index contributed by atoms with van der Waals surface area (Å²) in [5.74, 6) is 6.55. The minimum absolute atomic E-state index is 0.0222. The third kappa shape index (κ3) is 3.67. The highest BCUT2D eigenvalue weighted by Crippen LogP contribution is 2.43. The number of benzene rings is 3. The first kappa shape index (κ1) is 20.4. The van der Waals surface area contributed by atoms with Crippen LogP contribution in [0.3, 0.4) is 0 Å². The van der Waals surface area contributed by atoms with Crippen molar-refractivity contribution in [3.05, 3.63) is 108 Å². The van der Waals surface area contributed by atoms with Crippen molar-refractivity contribution < 1.29 is 10.0 Å². The average Bonchev–Trinajstić information content (AvgIpc) is 2.79. The van der Waals surface area contributed by atoms with Gasteiger partial charge in [0.25, 0.3) is 0 Å². The Labute approximate surface area is 180 Å². The van der Waals surface area contributed by atoms with E-state index in [4.69, 9.17) is 0 Å². The second-order valence-electron chi connectivity index (χ2n) is 8.54. The van der Waals surface area contributed by atoms with E-state index in [1.807, 2.05) is 42.5 Å². The molecule has 152 valence electrons. The number of nitrogens with one attached hydrogen (secondary N) is 1. The van der Waals surface area contributed by atoms with Crippen LogP contribution in [-0.2, 0) is 0 Å². The van der Waals surface area contributed by atoms with Gasteiger partial charge in [-0.3, -0.25) is 0 Å². The van der Waals surface area contributed by atoms with Crippen molar-refractivity contribution in [2.75, 3.05) is 7.05 Å². The van der Waals surface area contributed by atoms with Gasteiger partial charge in [-0.1, -0.05) is 105 Å². The third-order valence-electron chi connectivity index (χ3n) is 6.87. The van der Waals surface area contributed by atoms with Crippen LogP contribution in [0.5, 0.6) is 0 Å². The SMILES string of the molecule is C[C@H]1[C@@H](c2ccccc2)[NH+](C)[C@@H](c2ccccc2)[C@H](C)C1(O)C#Cc1ccccc1. The molecular weight excluding hydrogens is 366 g/mol. The Balaban J connectivity index is 1.83. The molecule has 0 saturated carbocycles. The standard InChI is InChI=1S/C28H29NO/c1-21-26(24-15-9-5-10-16-24)29(3)27(25-17-11-6-12-18-25)22(2)28(21,30)20-19-23-13-7-4-8-14-23/h4-18,21-22,26-27,30H,1-3H3/p+1/t21-,22-,26-,27+,28?/m0/s1. The predicted octanol–water partition coefficient (Wildman–Crippen LogP) is 4.05. The molecule has 1 heterocycles. The van der Waals surface area contributed by atoms with E-state index >= 15 is 0 Å². The monoisotopic (exact) mass is 396 g/mol. The van der Waals surface area contributed by atoms with Crippen LogP contribution in [0.15, 0.2) is 91.0 Å². The maximum atomic E-state index is 12.1. The predicted molar refractivity (Wildman–Crippen MR) is 122 cm³/mol. The van der Waals surface area contributed by atoms with Crippen molar-refractivity contribution in [1.29, 1.82) is 0 Å². The minimum Gasteiger partial charge on any atom is -0.376 e. The van der Waals surface area contributed by atoms with Crippen molar-refractivity contribution in [2.24, 2.45) is 11.8 Å². The summed E-state index contributed by atoms with van der Waals surface area (Å²) in [6.45, 7) is 4.30. The Bertz CT molecular complexity index is 966. The van der Waals surface area contributed by atoms with Gasteiger partial charge < -0.3 is 10.0 Å². The lowest BCUT2D eigenvalue weighted by atomic mass is 9.65. The van der Waals surface area contributed by atoms with Gasteiger partial charge in [0.05, 0.1) is 18.9 Å². The smallest absolute Gasteiger partial charge is 0.142 e. The zero-order chi connectivity index (χ0) is 21.1. The summed E-state index contributed by atoms with van der Waals surface area (Å²) in [5.41, 5.74) is 2.32. The Morgan fingerprint density at radius 2 is 1.10 bits per heavy atom. The number of quaternary nitrogens is 1. The van der Waals surface area contributed by atoms with E-state index in [0.717, 1.165) is 5.56 Å². The molecule has 0 aliphatic carbocycles. The van der Waals surface area contributed by atoms with E-state index in [2.05, 4.69) is 81.3 Å². The molecule has 2 unspecified atom stereocenters. The molecule has 0 bridgehead atoms. The van der Waals surface area contributed by atoms with Crippen molar-refractivity contribution in [2.45, 2.75) is 31.5 Å². The summed E-state index contributed by atoms with van der Waals surface area (Å²) in [5, 5.41) is 12.1. The van der Waals surface area contributed by atoms with Crippen LogP contribution in [0, 0.1) is 23.7 Å². The molecule has 0 radical (unpaired) electrons. The Morgan fingerprint density at radius 1 is 0.700 bits per heavy atom. The van der Waals surface area contributed by atoms with E-state index in [-0.39, 0.29) is 23.9 Å². The van der Waals surface area contributed by atoms with Crippen molar-refractivity contribution >= 4 is 0 Å². The molecule has 6 atom stereocenters. The lowest BCUT2D eigenvalue weighted by Crippen LogP contribution is -3.13. The zero-order valence-corrected chi connectivity index (χ0v) is 17.9. The minimum atomic E-state index is -1.10. The average molecular weight is 397 g/mol. The van der Waals surface area contributed by atoms with Gasteiger partial charge in [-0.2, -0.15) is 0 Å². The van der Waals surface area contributed by atoms with Crippen LogP contribution in [0.1, 0.15) is 42.6 Å². The Kier molecular flexibility index (Phi) is 5.77. The Hall–Kier alpha value is -2.86. The summed E-state index contributed by atoms with van der Waals surface area (Å²) in [6, 6.07) is 31.4. The topological polar surface area (TPSA) is 24.7 Å². The molecule has 0 spiro atoms. The summed E-state index contributed by atoms with van der Waals surface area (Å²) in [6.07, 6.45) is 0. The van der Waals surface area contributed by atoms with Crippen molar-refractivity contribution in [3.63, 3.8) is 0 Å². The highest BCUT2D eigenvalue weighted by molar-refractivity contribution is 5.38. The number of aliphatic hydroxyl groups is 1. The van der Waals surface area contributed by atoms with Crippen molar-refractivity contribution in [1.82, 2.24) is 0 Å². The molecule has 0 amide bonds. The van der Waals surface area contributed by atoms with E-state index < -0.39 is 5.60 Å². The second-order valence-corrected chi connectivity index (χ2v) is 8.54. The van der Waals surface area contributed by atoms with E-state index in [9.17, 15) is 5.11 Å². The van der Waals surface area contributed by atoms with Gasteiger partial charge in [-0.15, -0.1) is 0 Å². The van der Waals surface area contributed by atoms with Crippen LogP contribution in [0.2, 0.25) is 0 Å². The summed E-state index contributed by atoms with van der Waals surface area (Å²) in [7, 11) is 2.26. The molecule has 1 fully saturated rings. The van der Waals surface area contributed by atoms with Gasteiger partial charge in [-0.25, -0.2) is 0 Å². The van der Waals surface area contributed by atoms with E-state index in [1.54, 1.807) is 0 Å². The quantitative estimate of drug-likeness (QED) is 0.628. The molecule has 0 aromatic heterocycles. The molecule has 30 heavy (non-hydrogen) atoms. The van der Waals surface area contributed by atoms with E-state index in [1.165, 1.54) is 16.0 Å². The van der Waals surface area contributed by atoms with Gasteiger partial charge >= 0.3 is 0 Å². The van der Waals surface area contributed by atoms with Gasteiger partial charge in [0.15, 0.2) is 0 Å². The van der Waals surface area contributed by atoms with Crippen LogP contribution in [-0.4, -0.2) is 17.8 Å². The second kappa shape index (κ2) is 8.48. The van der Waals surface area contributed by atoms with Crippen LogP contribution < -0.4 is 4.90 Å². The molecule has 2 nitrogen and oxygen atoms in total. The third-order valence-corrected chi connectivity index (χ3v) is 6.87. The largest absolute Gasteiger partial charge is 0.376 e. The molecule has 2 N–H and O–H groups in total. The number of piperidine rings is 1. The number of hydrogen-bond acceptors (Lipinski definition) is 1. The molecule has 1 aliphatic heterocycles. The number of hydrogen-bond donors (Lipinski definition) is 2. The molecule has 1 aliphatic rings.